The number of nitrogens with one attached hydrogen (secondary N) is 1. The third kappa shape index (κ3) is 1.92. The molecular formula is C18H19NO. The van der Waals surface area contributed by atoms with Crippen LogP contribution in [-0.4, -0.2) is 11.4 Å². The van der Waals surface area contributed by atoms with Crippen molar-refractivity contribution in [2.75, 3.05) is 0 Å². The molecule has 1 saturated heterocycles. The van der Waals surface area contributed by atoms with Gasteiger partial charge in [0.25, 0.3) is 0 Å². The Hall–Kier alpha value is -2.09. The van der Waals surface area contributed by atoms with Gasteiger partial charge in [0.15, 0.2) is 0 Å². The van der Waals surface area contributed by atoms with E-state index in [0.717, 1.165) is 17.5 Å². The van der Waals surface area contributed by atoms with Gasteiger partial charge in [0.05, 0.1) is 0 Å². The summed E-state index contributed by atoms with van der Waals surface area (Å²) in [5, 5.41) is 3.14. The molecule has 0 aromatic heterocycles. The van der Waals surface area contributed by atoms with E-state index in [4.69, 9.17) is 0 Å². The zero-order valence-corrected chi connectivity index (χ0v) is 11.9. The van der Waals surface area contributed by atoms with Crippen LogP contribution in [0.2, 0.25) is 0 Å². The molecule has 0 bridgehead atoms. The van der Waals surface area contributed by atoms with Crippen molar-refractivity contribution in [3.63, 3.8) is 0 Å². The van der Waals surface area contributed by atoms with Gasteiger partial charge >= 0.3 is 0 Å². The Morgan fingerprint density at radius 1 is 0.850 bits per heavy atom. The number of benzene rings is 2. The molecule has 2 aromatic rings. The van der Waals surface area contributed by atoms with Crippen molar-refractivity contribution >= 4 is 5.91 Å². The highest BCUT2D eigenvalue weighted by Gasteiger charge is 2.52. The molecule has 2 aromatic carbocycles. The Labute approximate surface area is 119 Å². The molecule has 0 unspecified atom stereocenters. The first kappa shape index (κ1) is 12.9. The predicted octanol–water partition coefficient (Wildman–Crippen LogP) is 3.27. The SMILES string of the molecule is CC1(C)CC(c2ccccc2)(c2ccccc2)C(=O)N1. The number of amides is 1. The van der Waals surface area contributed by atoms with Gasteiger partial charge in [-0.15, -0.1) is 0 Å². The van der Waals surface area contributed by atoms with Gasteiger partial charge in [0.1, 0.15) is 5.41 Å². The number of carbonyl (C=O) groups excluding carboxylic acids is 1. The molecule has 0 radical (unpaired) electrons. The summed E-state index contributed by atoms with van der Waals surface area (Å²) < 4.78 is 0. The van der Waals surface area contributed by atoms with Gasteiger partial charge in [-0.05, 0) is 31.4 Å². The molecule has 102 valence electrons. The molecule has 1 heterocycles. The fourth-order valence-electron chi connectivity index (χ4n) is 3.28. The highest BCUT2D eigenvalue weighted by atomic mass is 16.2. The van der Waals surface area contributed by atoms with Crippen molar-refractivity contribution in [1.82, 2.24) is 5.32 Å². The number of rotatable bonds is 2. The summed E-state index contributed by atoms with van der Waals surface area (Å²) in [6, 6.07) is 20.2. The lowest BCUT2D eigenvalue weighted by atomic mass is 9.70. The van der Waals surface area contributed by atoms with E-state index in [1.165, 1.54) is 0 Å². The van der Waals surface area contributed by atoms with Crippen LogP contribution in [0.1, 0.15) is 31.4 Å². The molecule has 0 atom stereocenters. The van der Waals surface area contributed by atoms with Gasteiger partial charge in [0.2, 0.25) is 5.91 Å². The second-order valence-electron chi connectivity index (χ2n) is 6.15. The summed E-state index contributed by atoms with van der Waals surface area (Å²) in [5.74, 6) is 0.0971. The van der Waals surface area contributed by atoms with E-state index in [-0.39, 0.29) is 11.4 Å². The largest absolute Gasteiger partial charge is 0.350 e. The van der Waals surface area contributed by atoms with Crippen molar-refractivity contribution in [2.24, 2.45) is 0 Å². The average molecular weight is 265 g/mol. The lowest BCUT2D eigenvalue weighted by molar-refractivity contribution is -0.123. The minimum Gasteiger partial charge on any atom is -0.350 e. The summed E-state index contributed by atoms with van der Waals surface area (Å²) in [7, 11) is 0. The molecule has 20 heavy (non-hydrogen) atoms. The van der Waals surface area contributed by atoms with E-state index >= 15 is 0 Å². The molecule has 1 aliphatic rings. The standard InChI is InChI=1S/C18H19NO/c1-17(2)13-18(16(20)19-17,14-9-5-3-6-10-14)15-11-7-4-8-12-15/h3-12H,13H2,1-2H3,(H,19,20). The first-order valence-electron chi connectivity index (χ1n) is 6.98. The molecular weight excluding hydrogens is 246 g/mol. The number of hydrogen-bond acceptors (Lipinski definition) is 1. The lowest BCUT2D eigenvalue weighted by Crippen LogP contribution is -2.38. The van der Waals surface area contributed by atoms with Crippen LogP contribution in [0.25, 0.3) is 0 Å². The first-order chi connectivity index (χ1) is 9.55. The van der Waals surface area contributed by atoms with Gasteiger partial charge < -0.3 is 5.32 Å². The molecule has 2 nitrogen and oxygen atoms in total. The minimum absolute atomic E-state index is 0.0971. The van der Waals surface area contributed by atoms with Crippen molar-refractivity contribution in [1.29, 1.82) is 0 Å². The van der Waals surface area contributed by atoms with Gasteiger partial charge in [-0.3, -0.25) is 4.79 Å². The van der Waals surface area contributed by atoms with Gasteiger partial charge in [-0.25, -0.2) is 0 Å². The van der Waals surface area contributed by atoms with Crippen LogP contribution in [0.5, 0.6) is 0 Å². The van der Waals surface area contributed by atoms with Crippen LogP contribution in [-0.2, 0) is 10.2 Å². The Balaban J connectivity index is 2.22. The topological polar surface area (TPSA) is 29.1 Å². The van der Waals surface area contributed by atoms with E-state index in [0.29, 0.717) is 0 Å². The smallest absolute Gasteiger partial charge is 0.235 e. The second-order valence-corrected chi connectivity index (χ2v) is 6.15. The summed E-state index contributed by atoms with van der Waals surface area (Å²) in [4.78, 5) is 12.8. The third-order valence-electron chi connectivity index (χ3n) is 4.08. The van der Waals surface area contributed by atoms with Crippen molar-refractivity contribution in [3.05, 3.63) is 71.8 Å². The quantitative estimate of drug-likeness (QED) is 0.887. The minimum atomic E-state index is -0.577. The number of carbonyl (C=O) groups is 1. The maximum absolute atomic E-state index is 12.8. The summed E-state index contributed by atoms with van der Waals surface area (Å²) >= 11 is 0. The van der Waals surface area contributed by atoms with Crippen LogP contribution in [0, 0.1) is 0 Å². The van der Waals surface area contributed by atoms with Crippen LogP contribution >= 0.6 is 0 Å². The van der Waals surface area contributed by atoms with E-state index in [9.17, 15) is 4.79 Å². The zero-order valence-electron chi connectivity index (χ0n) is 11.9. The normalized spacial score (nSPS) is 19.6. The maximum Gasteiger partial charge on any atom is 0.235 e. The Kier molecular flexibility index (Phi) is 2.89. The lowest BCUT2D eigenvalue weighted by Gasteiger charge is -2.28. The predicted molar refractivity (Wildman–Crippen MR) is 80.5 cm³/mol. The summed E-state index contributed by atoms with van der Waals surface area (Å²) in [6.45, 7) is 4.16. The van der Waals surface area contributed by atoms with E-state index in [1.54, 1.807) is 0 Å². The molecule has 0 aliphatic carbocycles. The number of hydrogen-bond donors (Lipinski definition) is 1. The first-order valence-corrected chi connectivity index (χ1v) is 6.98. The average Bonchev–Trinajstić information content (AvgIpc) is 2.71. The van der Waals surface area contributed by atoms with Crippen molar-refractivity contribution in [3.8, 4) is 0 Å². The van der Waals surface area contributed by atoms with Crippen molar-refractivity contribution < 1.29 is 4.79 Å². The summed E-state index contributed by atoms with van der Waals surface area (Å²) in [6.07, 6.45) is 0.771. The van der Waals surface area contributed by atoms with E-state index in [2.05, 4.69) is 19.2 Å². The molecule has 0 spiro atoms. The maximum atomic E-state index is 12.8. The molecule has 1 amide bonds. The fraction of sp³-hybridized carbons (Fsp3) is 0.278. The van der Waals surface area contributed by atoms with Gasteiger partial charge in [-0.2, -0.15) is 0 Å². The van der Waals surface area contributed by atoms with E-state index in [1.807, 2.05) is 60.7 Å². The molecule has 2 heteroatoms. The highest BCUT2D eigenvalue weighted by Crippen LogP contribution is 2.44. The fourth-order valence-corrected chi connectivity index (χ4v) is 3.28. The van der Waals surface area contributed by atoms with Gasteiger partial charge in [0, 0.05) is 5.54 Å². The molecule has 3 rings (SSSR count). The van der Waals surface area contributed by atoms with Crippen LogP contribution < -0.4 is 5.32 Å². The summed E-state index contributed by atoms with van der Waals surface area (Å²) in [5.41, 5.74) is 1.36. The molecule has 1 N–H and O–H groups in total. The molecule has 1 aliphatic heterocycles. The van der Waals surface area contributed by atoms with Crippen molar-refractivity contribution in [2.45, 2.75) is 31.2 Å². The van der Waals surface area contributed by atoms with Crippen LogP contribution in [0.3, 0.4) is 0 Å². The highest BCUT2D eigenvalue weighted by molar-refractivity contribution is 5.95. The van der Waals surface area contributed by atoms with Crippen LogP contribution in [0.15, 0.2) is 60.7 Å². The van der Waals surface area contributed by atoms with E-state index < -0.39 is 5.41 Å². The van der Waals surface area contributed by atoms with Crippen LogP contribution in [0.4, 0.5) is 0 Å². The Morgan fingerprint density at radius 3 is 1.65 bits per heavy atom. The zero-order chi connectivity index (χ0) is 14.2. The molecule has 1 fully saturated rings. The Morgan fingerprint density at radius 2 is 1.30 bits per heavy atom. The second kappa shape index (κ2) is 4.48. The Bertz CT molecular complexity index is 577. The van der Waals surface area contributed by atoms with Gasteiger partial charge in [-0.1, -0.05) is 60.7 Å². The monoisotopic (exact) mass is 265 g/mol. The third-order valence-corrected chi connectivity index (χ3v) is 4.08. The molecule has 0 saturated carbocycles.